The molecule has 0 unspecified atom stereocenters. The van der Waals surface area contributed by atoms with Gasteiger partial charge in [-0.1, -0.05) is 18.2 Å². The van der Waals surface area contributed by atoms with Gasteiger partial charge in [-0.15, -0.1) is 0 Å². The molecule has 0 fully saturated rings. The highest BCUT2D eigenvalue weighted by molar-refractivity contribution is 5.99. The first-order valence-electron chi connectivity index (χ1n) is 11.1. The third-order valence-electron chi connectivity index (χ3n) is 5.25. The van der Waals surface area contributed by atoms with Crippen LogP contribution < -0.4 is 0 Å². The Morgan fingerprint density at radius 1 is 1.50 bits per heavy atom. The molecule has 0 spiro atoms. The van der Waals surface area contributed by atoms with E-state index in [-0.39, 0.29) is 18.6 Å². The van der Waals surface area contributed by atoms with Crippen molar-refractivity contribution in [1.82, 2.24) is 14.8 Å². The summed E-state index contributed by atoms with van der Waals surface area (Å²) < 4.78 is 40.7. The van der Waals surface area contributed by atoms with Gasteiger partial charge in [-0.3, -0.25) is 9.69 Å². The molecule has 2 aromatic rings. The highest BCUT2D eigenvalue weighted by atomic mass is 16.2. The lowest BCUT2D eigenvalue weighted by molar-refractivity contribution is -0.134. The Morgan fingerprint density at radius 2 is 2.33 bits per heavy atom. The number of nitrogens with one attached hydrogen (secondary N) is 1. The minimum Gasteiger partial charge on any atom is -0.361 e. The lowest BCUT2D eigenvalue weighted by atomic mass is 9.79. The van der Waals surface area contributed by atoms with Crippen molar-refractivity contribution in [1.29, 1.82) is 0 Å². The molecular weight excluding hydrogens is 298 g/mol. The minimum atomic E-state index is -2.35. The van der Waals surface area contributed by atoms with Gasteiger partial charge in [-0.2, -0.15) is 0 Å². The molecule has 126 valence electrons. The number of rotatable bonds is 3. The van der Waals surface area contributed by atoms with Crippen LogP contribution in [0.15, 0.2) is 30.4 Å². The SMILES string of the molecule is [2H]c1[nH]c2c([2H])ccc3c2c1C[C@@H]1C3=C[C@@H](C(=O)N(CC)CC)CN1C([2H])([2H])[2H]. The fourth-order valence-corrected chi connectivity index (χ4v) is 3.99. The first-order valence-corrected chi connectivity index (χ1v) is 8.55. The Bertz CT molecular complexity index is 1010. The molecule has 4 heteroatoms. The normalized spacial score (nSPS) is 26.6. The van der Waals surface area contributed by atoms with Crippen molar-refractivity contribution in [2.75, 3.05) is 26.6 Å². The molecule has 1 aromatic carbocycles. The number of hydrogen-bond donors (Lipinski definition) is 1. The van der Waals surface area contributed by atoms with Crippen LogP contribution in [-0.4, -0.2) is 53.3 Å². The smallest absolute Gasteiger partial charge is 0.230 e. The van der Waals surface area contributed by atoms with Gasteiger partial charge in [0.2, 0.25) is 5.91 Å². The van der Waals surface area contributed by atoms with Crippen molar-refractivity contribution >= 4 is 22.4 Å². The Labute approximate surface area is 150 Å². The number of nitrogens with zero attached hydrogens (tertiary/aromatic N) is 2. The molecule has 1 aliphatic carbocycles. The Morgan fingerprint density at radius 3 is 3.08 bits per heavy atom. The largest absolute Gasteiger partial charge is 0.361 e. The predicted octanol–water partition coefficient (Wildman–Crippen LogP) is 2.91. The summed E-state index contributed by atoms with van der Waals surface area (Å²) in [5.74, 6) is -0.604. The number of fused-ring (bicyclic) bond motifs is 2. The van der Waals surface area contributed by atoms with E-state index >= 15 is 0 Å². The van der Waals surface area contributed by atoms with E-state index < -0.39 is 18.9 Å². The fraction of sp³-hybridized carbons (Fsp3) is 0.450. The maximum atomic E-state index is 13.1. The maximum absolute atomic E-state index is 13.1. The lowest BCUT2D eigenvalue weighted by Crippen LogP contribution is -2.47. The molecule has 0 bridgehead atoms. The van der Waals surface area contributed by atoms with E-state index in [1.54, 1.807) is 11.0 Å². The number of aromatic nitrogens is 1. The Balaban J connectivity index is 1.90. The van der Waals surface area contributed by atoms with Crippen LogP contribution in [0.4, 0.5) is 0 Å². The van der Waals surface area contributed by atoms with E-state index in [1.807, 2.05) is 26.0 Å². The fourth-order valence-electron chi connectivity index (χ4n) is 3.99. The van der Waals surface area contributed by atoms with E-state index in [0.29, 0.717) is 31.1 Å². The average Bonchev–Trinajstić information content (AvgIpc) is 3.01. The molecule has 0 saturated heterocycles. The number of benzene rings is 1. The molecule has 0 saturated carbocycles. The number of likely N-dealkylation sites (N-methyl/N-ethyl adjacent to an activating group) is 1. The first kappa shape index (κ1) is 10.7. The van der Waals surface area contributed by atoms with Crippen molar-refractivity contribution in [3.05, 3.63) is 41.6 Å². The van der Waals surface area contributed by atoms with E-state index in [4.69, 9.17) is 6.85 Å². The summed E-state index contributed by atoms with van der Waals surface area (Å²) in [6.45, 7) is 2.77. The van der Waals surface area contributed by atoms with Gasteiger partial charge in [0.15, 0.2) is 0 Å². The quantitative estimate of drug-likeness (QED) is 0.941. The van der Waals surface area contributed by atoms with Crippen molar-refractivity contribution < 1.29 is 11.6 Å². The summed E-state index contributed by atoms with van der Waals surface area (Å²) in [6.07, 6.45) is 2.53. The summed E-state index contributed by atoms with van der Waals surface area (Å²) >= 11 is 0. The Hall–Kier alpha value is -2.07. The molecule has 4 rings (SSSR count). The number of H-pyrrole nitrogens is 1. The third kappa shape index (κ3) is 2.20. The van der Waals surface area contributed by atoms with Crippen molar-refractivity contribution in [3.63, 3.8) is 0 Å². The Kier molecular flexibility index (Phi) is 2.58. The van der Waals surface area contributed by atoms with Gasteiger partial charge < -0.3 is 9.88 Å². The van der Waals surface area contributed by atoms with Crippen molar-refractivity contribution in [2.45, 2.75) is 26.3 Å². The molecule has 1 amide bonds. The molecule has 24 heavy (non-hydrogen) atoms. The lowest BCUT2D eigenvalue weighted by Gasteiger charge is -2.40. The summed E-state index contributed by atoms with van der Waals surface area (Å²) in [4.78, 5) is 19.2. The van der Waals surface area contributed by atoms with E-state index in [9.17, 15) is 4.79 Å². The van der Waals surface area contributed by atoms with Gasteiger partial charge in [0.05, 0.1) is 8.66 Å². The van der Waals surface area contributed by atoms with Crippen LogP contribution in [0.5, 0.6) is 0 Å². The molecule has 0 radical (unpaired) electrons. The number of carbonyl (C=O) groups excluding carboxylic acids is 1. The van der Waals surface area contributed by atoms with Crippen molar-refractivity contribution in [2.24, 2.45) is 5.92 Å². The summed E-state index contributed by atoms with van der Waals surface area (Å²) in [7, 11) is 0. The molecule has 2 aliphatic rings. The highest BCUT2D eigenvalue weighted by Gasteiger charge is 2.36. The second-order valence-electron chi connectivity index (χ2n) is 6.48. The molecule has 4 nitrogen and oxygen atoms in total. The van der Waals surface area contributed by atoms with E-state index in [1.165, 1.54) is 4.90 Å². The number of hydrogen-bond acceptors (Lipinski definition) is 2. The standard InChI is InChI=1S/C20H25N3O/c1-4-23(5-2)20(24)14-9-16-15-7-6-8-17-19(15)13(11-21-17)10-18(16)22(3)12-14/h6-9,11,14,18,21H,4-5,10,12H2,1-3H3/t14-,18-/m1/s1/i3D3,8D,11D. The minimum absolute atomic E-state index is 0.0652. The van der Waals surface area contributed by atoms with Gasteiger partial charge in [0.1, 0.15) is 0 Å². The van der Waals surface area contributed by atoms with Crippen LogP contribution >= 0.6 is 0 Å². The van der Waals surface area contributed by atoms with Crippen LogP contribution in [0.3, 0.4) is 0 Å². The average molecular weight is 328 g/mol. The highest BCUT2D eigenvalue weighted by Crippen LogP contribution is 2.40. The molecule has 1 aliphatic heterocycles. The molecule has 2 atom stereocenters. The van der Waals surface area contributed by atoms with Crippen LogP contribution in [0, 0.1) is 5.92 Å². The molecule has 1 aromatic heterocycles. The third-order valence-corrected chi connectivity index (χ3v) is 5.25. The number of carbonyl (C=O) groups is 1. The first-order chi connectivity index (χ1) is 13.7. The van der Waals surface area contributed by atoms with E-state index in [2.05, 4.69) is 4.98 Å². The van der Waals surface area contributed by atoms with Crippen LogP contribution in [-0.2, 0) is 11.2 Å². The van der Waals surface area contributed by atoms with Gasteiger partial charge >= 0.3 is 0 Å². The zero-order chi connectivity index (χ0) is 21.1. The second kappa shape index (κ2) is 5.78. The van der Waals surface area contributed by atoms with Gasteiger partial charge in [-0.05, 0) is 50.0 Å². The van der Waals surface area contributed by atoms with Gasteiger partial charge in [0.25, 0.3) is 0 Å². The topological polar surface area (TPSA) is 39.3 Å². The van der Waals surface area contributed by atoms with Gasteiger partial charge in [-0.25, -0.2) is 0 Å². The van der Waals surface area contributed by atoms with E-state index in [0.717, 1.165) is 22.1 Å². The van der Waals surface area contributed by atoms with Crippen LogP contribution in [0.25, 0.3) is 16.5 Å². The number of aromatic amines is 1. The van der Waals surface area contributed by atoms with Gasteiger partial charge in [0, 0.05) is 46.9 Å². The maximum Gasteiger partial charge on any atom is 0.230 e. The molecule has 2 heterocycles. The molecule has 1 N–H and O–H groups in total. The van der Waals surface area contributed by atoms with Crippen LogP contribution in [0.1, 0.15) is 31.8 Å². The zero-order valence-corrected chi connectivity index (χ0v) is 14.0. The monoisotopic (exact) mass is 328 g/mol. The van der Waals surface area contributed by atoms with Crippen LogP contribution in [0.2, 0.25) is 0 Å². The summed E-state index contributed by atoms with van der Waals surface area (Å²) in [5.41, 5.74) is 2.98. The summed E-state index contributed by atoms with van der Waals surface area (Å²) in [5, 5.41) is 0.812. The predicted molar refractivity (Wildman–Crippen MR) is 97.8 cm³/mol. The second-order valence-corrected chi connectivity index (χ2v) is 6.48. The number of amides is 1. The van der Waals surface area contributed by atoms with Crippen molar-refractivity contribution in [3.8, 4) is 0 Å². The summed E-state index contributed by atoms with van der Waals surface area (Å²) in [6, 6.07) is 3.37. The zero-order valence-electron chi connectivity index (χ0n) is 19.0. The molecular formula is C20H25N3O.